The molecule has 3 nitrogen and oxygen atoms in total. The lowest BCUT2D eigenvalue weighted by Crippen LogP contribution is -2.35. The summed E-state index contributed by atoms with van der Waals surface area (Å²) in [5.74, 6) is 1.53. The third kappa shape index (κ3) is 4.27. The van der Waals surface area contributed by atoms with Crippen molar-refractivity contribution in [2.45, 2.75) is 71.6 Å². The first kappa shape index (κ1) is 15.9. The van der Waals surface area contributed by atoms with E-state index in [1.807, 2.05) is 11.3 Å². The topological polar surface area (TPSA) is 34.1 Å². The fourth-order valence-electron chi connectivity index (χ4n) is 2.74. The highest BCUT2D eigenvalue weighted by Crippen LogP contribution is 2.40. The zero-order chi connectivity index (χ0) is 14.8. The monoisotopic (exact) mass is 296 g/mol. The molecule has 0 amide bonds. The number of aromatic nitrogens is 1. The summed E-state index contributed by atoms with van der Waals surface area (Å²) < 4.78 is 5.31. The predicted octanol–water partition coefficient (Wildman–Crippen LogP) is 4.08. The first-order valence-corrected chi connectivity index (χ1v) is 8.43. The van der Waals surface area contributed by atoms with Gasteiger partial charge in [-0.25, -0.2) is 4.98 Å². The molecule has 20 heavy (non-hydrogen) atoms. The molecular weight excluding hydrogens is 268 g/mol. The summed E-state index contributed by atoms with van der Waals surface area (Å²) in [4.78, 5) is 6.21. The third-order valence-electron chi connectivity index (χ3n) is 3.90. The molecule has 4 heteroatoms. The Morgan fingerprint density at radius 3 is 2.65 bits per heavy atom. The second kappa shape index (κ2) is 6.54. The van der Waals surface area contributed by atoms with Gasteiger partial charge < -0.3 is 10.1 Å². The number of hydrogen-bond donors (Lipinski definition) is 1. The van der Waals surface area contributed by atoms with Crippen LogP contribution in [0.5, 0.6) is 0 Å². The van der Waals surface area contributed by atoms with Crippen molar-refractivity contribution in [1.29, 1.82) is 0 Å². The highest BCUT2D eigenvalue weighted by atomic mass is 32.1. The summed E-state index contributed by atoms with van der Waals surface area (Å²) >= 11 is 1.89. The van der Waals surface area contributed by atoms with Gasteiger partial charge in [-0.05, 0) is 39.5 Å². The van der Waals surface area contributed by atoms with Crippen molar-refractivity contribution in [2.75, 3.05) is 7.11 Å². The van der Waals surface area contributed by atoms with Crippen LogP contribution in [0.2, 0.25) is 0 Å². The Hall–Kier alpha value is -0.450. The first-order chi connectivity index (χ1) is 9.39. The number of thiazole rings is 1. The number of hydrogen-bond acceptors (Lipinski definition) is 4. The Morgan fingerprint density at radius 2 is 2.10 bits per heavy atom. The lowest BCUT2D eigenvalue weighted by atomic mass is 10.1. The van der Waals surface area contributed by atoms with Crippen LogP contribution in [0.4, 0.5) is 0 Å². The van der Waals surface area contributed by atoms with Crippen LogP contribution in [0.3, 0.4) is 0 Å². The summed E-state index contributed by atoms with van der Waals surface area (Å²) in [6, 6.07) is 0. The van der Waals surface area contributed by atoms with Gasteiger partial charge in [-0.3, -0.25) is 0 Å². The Morgan fingerprint density at radius 1 is 1.35 bits per heavy atom. The van der Waals surface area contributed by atoms with Crippen molar-refractivity contribution in [3.8, 4) is 0 Å². The SMILES string of the molecule is COCc1nc(C2CCC(C)C2)sc1CNC(C)(C)C. The van der Waals surface area contributed by atoms with Crippen molar-refractivity contribution in [3.05, 3.63) is 15.6 Å². The number of rotatable bonds is 5. The maximum absolute atomic E-state index is 5.31. The zero-order valence-corrected chi connectivity index (χ0v) is 14.3. The van der Waals surface area contributed by atoms with Gasteiger partial charge in [0.25, 0.3) is 0 Å². The van der Waals surface area contributed by atoms with Crippen LogP contribution in [-0.2, 0) is 17.9 Å². The molecule has 1 heterocycles. The quantitative estimate of drug-likeness (QED) is 0.889. The average Bonchev–Trinajstić information content (AvgIpc) is 2.93. The largest absolute Gasteiger partial charge is 0.378 e. The fourth-order valence-corrected chi connectivity index (χ4v) is 3.90. The van der Waals surface area contributed by atoms with E-state index in [-0.39, 0.29) is 5.54 Å². The van der Waals surface area contributed by atoms with Gasteiger partial charge in [0.2, 0.25) is 0 Å². The molecule has 1 saturated carbocycles. The Bertz CT molecular complexity index is 436. The van der Waals surface area contributed by atoms with Crippen molar-refractivity contribution in [1.82, 2.24) is 10.3 Å². The van der Waals surface area contributed by atoms with Crippen LogP contribution in [0.25, 0.3) is 0 Å². The van der Waals surface area contributed by atoms with E-state index in [2.05, 4.69) is 33.0 Å². The van der Waals surface area contributed by atoms with Gasteiger partial charge in [0.1, 0.15) is 0 Å². The van der Waals surface area contributed by atoms with Gasteiger partial charge in [-0.15, -0.1) is 11.3 Å². The fraction of sp³-hybridized carbons (Fsp3) is 0.812. The maximum Gasteiger partial charge on any atom is 0.0963 e. The van der Waals surface area contributed by atoms with Gasteiger partial charge in [-0.2, -0.15) is 0 Å². The smallest absolute Gasteiger partial charge is 0.0963 e. The van der Waals surface area contributed by atoms with Crippen LogP contribution in [0.1, 0.15) is 68.5 Å². The molecule has 1 aromatic heterocycles. The summed E-state index contributed by atoms with van der Waals surface area (Å²) in [5, 5.41) is 4.89. The molecule has 114 valence electrons. The highest BCUT2D eigenvalue weighted by Gasteiger charge is 2.26. The van der Waals surface area contributed by atoms with E-state index in [1.54, 1.807) is 7.11 Å². The lowest BCUT2D eigenvalue weighted by molar-refractivity contribution is 0.181. The summed E-state index contributed by atoms with van der Waals surface area (Å²) in [5.41, 5.74) is 1.26. The van der Waals surface area contributed by atoms with Crippen LogP contribution in [-0.4, -0.2) is 17.6 Å². The minimum atomic E-state index is 0.135. The lowest BCUT2D eigenvalue weighted by Gasteiger charge is -2.20. The van der Waals surface area contributed by atoms with Gasteiger partial charge >= 0.3 is 0 Å². The molecule has 1 aromatic rings. The van der Waals surface area contributed by atoms with Crippen molar-refractivity contribution < 1.29 is 4.74 Å². The second-order valence-corrected chi connectivity index (χ2v) is 8.19. The van der Waals surface area contributed by atoms with Crippen molar-refractivity contribution in [3.63, 3.8) is 0 Å². The van der Waals surface area contributed by atoms with E-state index in [9.17, 15) is 0 Å². The molecule has 2 rings (SSSR count). The number of methoxy groups -OCH3 is 1. The number of nitrogens with zero attached hydrogens (tertiary/aromatic N) is 1. The first-order valence-electron chi connectivity index (χ1n) is 7.61. The molecule has 0 aliphatic heterocycles. The predicted molar refractivity (Wildman–Crippen MR) is 85.2 cm³/mol. The molecule has 1 fully saturated rings. The number of ether oxygens (including phenoxy) is 1. The zero-order valence-electron chi connectivity index (χ0n) is 13.5. The van der Waals surface area contributed by atoms with Crippen LogP contribution >= 0.6 is 11.3 Å². The molecule has 2 unspecified atom stereocenters. The normalized spacial score (nSPS) is 23.4. The maximum atomic E-state index is 5.31. The molecule has 2 atom stereocenters. The summed E-state index contributed by atoms with van der Waals surface area (Å²) in [6.07, 6.45) is 3.94. The van der Waals surface area contributed by atoms with Crippen molar-refractivity contribution in [2.24, 2.45) is 5.92 Å². The van der Waals surface area contributed by atoms with Gasteiger partial charge in [0.15, 0.2) is 0 Å². The molecule has 0 bridgehead atoms. The van der Waals surface area contributed by atoms with E-state index in [1.165, 1.54) is 29.1 Å². The van der Waals surface area contributed by atoms with E-state index < -0.39 is 0 Å². The molecule has 1 aliphatic rings. The molecular formula is C16H28N2OS. The van der Waals surface area contributed by atoms with Crippen LogP contribution in [0.15, 0.2) is 0 Å². The average molecular weight is 296 g/mol. The molecule has 1 N–H and O–H groups in total. The van der Waals surface area contributed by atoms with Crippen LogP contribution < -0.4 is 5.32 Å². The van der Waals surface area contributed by atoms with E-state index in [0.29, 0.717) is 12.5 Å². The van der Waals surface area contributed by atoms with Crippen molar-refractivity contribution >= 4 is 11.3 Å². The number of nitrogens with one attached hydrogen (secondary N) is 1. The van der Waals surface area contributed by atoms with Gasteiger partial charge in [-0.1, -0.05) is 13.3 Å². The minimum absolute atomic E-state index is 0.135. The Labute approximate surface area is 127 Å². The second-order valence-electron chi connectivity index (χ2n) is 7.07. The Kier molecular flexibility index (Phi) is 5.21. The molecule has 0 aromatic carbocycles. The summed E-state index contributed by atoms with van der Waals surface area (Å²) in [7, 11) is 1.75. The molecule has 1 aliphatic carbocycles. The standard InChI is InChI=1S/C16H28N2OS/c1-11-6-7-12(8-11)15-18-13(10-19-5)14(20-15)9-17-16(2,3)4/h11-12,17H,6-10H2,1-5H3. The van der Waals surface area contributed by atoms with Gasteiger partial charge in [0, 0.05) is 30.0 Å². The van der Waals surface area contributed by atoms with E-state index >= 15 is 0 Å². The van der Waals surface area contributed by atoms with E-state index in [0.717, 1.165) is 18.2 Å². The third-order valence-corrected chi connectivity index (χ3v) is 5.16. The van der Waals surface area contributed by atoms with Crippen LogP contribution in [0, 0.1) is 5.92 Å². The minimum Gasteiger partial charge on any atom is -0.378 e. The van der Waals surface area contributed by atoms with Gasteiger partial charge in [0.05, 0.1) is 17.3 Å². The Balaban J connectivity index is 2.11. The molecule has 0 saturated heterocycles. The molecule has 0 spiro atoms. The summed E-state index contributed by atoms with van der Waals surface area (Å²) in [6.45, 7) is 10.5. The molecule has 0 radical (unpaired) electrons. The highest BCUT2D eigenvalue weighted by molar-refractivity contribution is 7.11. The van der Waals surface area contributed by atoms with E-state index in [4.69, 9.17) is 9.72 Å².